The Labute approximate surface area is 133 Å². The summed E-state index contributed by atoms with van der Waals surface area (Å²) in [5.41, 5.74) is 1.09. The van der Waals surface area contributed by atoms with E-state index in [1.165, 1.54) is 6.42 Å². The van der Waals surface area contributed by atoms with Crippen molar-refractivity contribution in [3.8, 4) is 0 Å². The van der Waals surface area contributed by atoms with Gasteiger partial charge < -0.3 is 9.64 Å². The average molecular weight is 307 g/mol. The van der Waals surface area contributed by atoms with E-state index >= 15 is 0 Å². The molecular weight excluding hydrogens is 278 g/mol. The first-order chi connectivity index (χ1) is 10.6. The molecule has 1 aromatic heterocycles. The SMILES string of the molecule is CCCC[C@@H]1CN(C(=O)CCc2cn[nH]c2)C[C@H](C(C)C)O1. The standard InChI is InChI=1S/C17H29N3O2/c1-4-5-6-15-11-20(12-16(22-15)13(2)3)17(21)8-7-14-9-18-19-10-14/h9-10,13,15-16H,4-8,11-12H2,1-3H3,(H,18,19)/t15-,16-/m1/s1. The molecule has 1 aromatic rings. The molecule has 22 heavy (non-hydrogen) atoms. The first kappa shape index (κ1) is 17.0. The average Bonchev–Trinajstić information content (AvgIpc) is 3.03. The monoisotopic (exact) mass is 307 g/mol. The van der Waals surface area contributed by atoms with Crippen LogP contribution in [-0.2, 0) is 16.0 Å². The number of rotatable bonds is 7. The van der Waals surface area contributed by atoms with Crippen LogP contribution in [0.1, 0.15) is 52.0 Å². The predicted molar refractivity (Wildman–Crippen MR) is 86.5 cm³/mol. The summed E-state index contributed by atoms with van der Waals surface area (Å²) in [7, 11) is 0. The Morgan fingerprint density at radius 2 is 2.32 bits per heavy atom. The van der Waals surface area contributed by atoms with Crippen LogP contribution in [0.15, 0.2) is 12.4 Å². The van der Waals surface area contributed by atoms with E-state index in [1.54, 1.807) is 6.20 Å². The summed E-state index contributed by atoms with van der Waals surface area (Å²) >= 11 is 0. The molecule has 1 N–H and O–H groups in total. The van der Waals surface area contributed by atoms with Gasteiger partial charge in [0.1, 0.15) is 0 Å². The summed E-state index contributed by atoms with van der Waals surface area (Å²) in [6, 6.07) is 0. The number of amides is 1. The fourth-order valence-electron chi connectivity index (χ4n) is 2.86. The number of carbonyl (C=O) groups excluding carboxylic acids is 1. The first-order valence-electron chi connectivity index (χ1n) is 8.51. The van der Waals surface area contributed by atoms with Crippen molar-refractivity contribution < 1.29 is 9.53 Å². The first-order valence-corrected chi connectivity index (χ1v) is 8.51. The van der Waals surface area contributed by atoms with Crippen LogP contribution < -0.4 is 0 Å². The molecular formula is C17H29N3O2. The van der Waals surface area contributed by atoms with Crippen LogP contribution in [0.25, 0.3) is 0 Å². The van der Waals surface area contributed by atoms with Crippen LogP contribution in [0, 0.1) is 5.92 Å². The molecule has 0 aromatic carbocycles. The summed E-state index contributed by atoms with van der Waals surface area (Å²) < 4.78 is 6.17. The molecule has 0 saturated carbocycles. The lowest BCUT2D eigenvalue weighted by atomic mass is 10.0. The Hall–Kier alpha value is -1.36. The van der Waals surface area contributed by atoms with Gasteiger partial charge in [0.05, 0.1) is 18.4 Å². The molecule has 1 aliphatic rings. The lowest BCUT2D eigenvalue weighted by molar-refractivity contribution is -0.150. The van der Waals surface area contributed by atoms with Crippen LogP contribution in [0.3, 0.4) is 0 Å². The van der Waals surface area contributed by atoms with Gasteiger partial charge in [-0.05, 0) is 24.3 Å². The number of aryl methyl sites for hydroxylation is 1. The lowest BCUT2D eigenvalue weighted by Gasteiger charge is -2.40. The maximum atomic E-state index is 12.5. The van der Waals surface area contributed by atoms with Gasteiger partial charge in [-0.1, -0.05) is 33.6 Å². The van der Waals surface area contributed by atoms with Crippen LogP contribution >= 0.6 is 0 Å². The molecule has 1 aliphatic heterocycles. The number of hydrogen-bond donors (Lipinski definition) is 1. The van der Waals surface area contributed by atoms with Crippen LogP contribution in [0.5, 0.6) is 0 Å². The van der Waals surface area contributed by atoms with Gasteiger partial charge >= 0.3 is 0 Å². The van der Waals surface area contributed by atoms with Gasteiger partial charge in [-0.15, -0.1) is 0 Å². The van der Waals surface area contributed by atoms with Crippen molar-refractivity contribution in [3.05, 3.63) is 18.0 Å². The highest BCUT2D eigenvalue weighted by Crippen LogP contribution is 2.21. The second kappa shape index (κ2) is 8.32. The highest BCUT2D eigenvalue weighted by atomic mass is 16.5. The molecule has 1 amide bonds. The molecule has 5 heteroatoms. The highest BCUT2D eigenvalue weighted by Gasteiger charge is 2.31. The molecule has 1 saturated heterocycles. The summed E-state index contributed by atoms with van der Waals surface area (Å²) in [5.74, 6) is 0.672. The van der Waals surface area contributed by atoms with E-state index in [-0.39, 0.29) is 18.1 Å². The van der Waals surface area contributed by atoms with E-state index < -0.39 is 0 Å². The predicted octanol–water partition coefficient (Wildman–Crippen LogP) is 2.78. The van der Waals surface area contributed by atoms with Crippen molar-refractivity contribution in [3.63, 3.8) is 0 Å². The molecule has 0 bridgehead atoms. The zero-order chi connectivity index (χ0) is 15.9. The number of nitrogens with one attached hydrogen (secondary N) is 1. The second-order valence-electron chi connectivity index (χ2n) is 6.59. The molecule has 0 spiro atoms. The van der Waals surface area contributed by atoms with Gasteiger partial charge in [0.15, 0.2) is 0 Å². The summed E-state index contributed by atoms with van der Waals surface area (Å²) in [5, 5.41) is 6.71. The molecule has 2 rings (SSSR count). The van der Waals surface area contributed by atoms with Gasteiger partial charge in [0.25, 0.3) is 0 Å². The van der Waals surface area contributed by atoms with E-state index in [2.05, 4.69) is 31.0 Å². The van der Waals surface area contributed by atoms with Crippen molar-refractivity contribution >= 4 is 5.91 Å². The van der Waals surface area contributed by atoms with Crippen LogP contribution in [0.2, 0.25) is 0 Å². The number of aromatic amines is 1. The maximum Gasteiger partial charge on any atom is 0.223 e. The van der Waals surface area contributed by atoms with Crippen molar-refractivity contribution in [1.29, 1.82) is 0 Å². The summed E-state index contributed by atoms with van der Waals surface area (Å²) in [4.78, 5) is 14.5. The Balaban J connectivity index is 1.90. The molecule has 2 heterocycles. The minimum atomic E-state index is 0.161. The second-order valence-corrected chi connectivity index (χ2v) is 6.59. The number of H-pyrrole nitrogens is 1. The Morgan fingerprint density at radius 1 is 1.50 bits per heavy atom. The van der Waals surface area contributed by atoms with Gasteiger partial charge in [0.2, 0.25) is 5.91 Å². The minimum absolute atomic E-state index is 0.161. The molecule has 0 unspecified atom stereocenters. The third-order valence-corrected chi connectivity index (χ3v) is 4.35. The molecule has 124 valence electrons. The zero-order valence-corrected chi connectivity index (χ0v) is 14.0. The molecule has 2 atom stereocenters. The zero-order valence-electron chi connectivity index (χ0n) is 14.0. The fourth-order valence-corrected chi connectivity index (χ4v) is 2.86. The quantitative estimate of drug-likeness (QED) is 0.842. The Morgan fingerprint density at radius 3 is 2.95 bits per heavy atom. The molecule has 0 aliphatic carbocycles. The van der Waals surface area contributed by atoms with Crippen molar-refractivity contribution in [2.24, 2.45) is 5.92 Å². The van der Waals surface area contributed by atoms with E-state index in [9.17, 15) is 4.79 Å². The van der Waals surface area contributed by atoms with Crippen LogP contribution in [-0.4, -0.2) is 46.3 Å². The fraction of sp³-hybridized carbons (Fsp3) is 0.765. The minimum Gasteiger partial charge on any atom is -0.371 e. The third-order valence-electron chi connectivity index (χ3n) is 4.35. The van der Waals surface area contributed by atoms with E-state index in [4.69, 9.17) is 4.74 Å². The van der Waals surface area contributed by atoms with Gasteiger partial charge in [-0.25, -0.2) is 0 Å². The van der Waals surface area contributed by atoms with E-state index in [0.717, 1.165) is 37.9 Å². The molecule has 5 nitrogen and oxygen atoms in total. The van der Waals surface area contributed by atoms with Gasteiger partial charge in [-0.3, -0.25) is 9.89 Å². The maximum absolute atomic E-state index is 12.5. The molecule has 1 fully saturated rings. The number of nitrogens with zero attached hydrogens (tertiary/aromatic N) is 2. The topological polar surface area (TPSA) is 58.2 Å². The number of hydrogen-bond acceptors (Lipinski definition) is 3. The largest absolute Gasteiger partial charge is 0.371 e. The number of carbonyl (C=O) groups is 1. The Bertz CT molecular complexity index is 445. The number of morpholine rings is 1. The van der Waals surface area contributed by atoms with Gasteiger partial charge in [0, 0.05) is 25.7 Å². The number of ether oxygens (including phenoxy) is 1. The third kappa shape index (κ3) is 4.83. The van der Waals surface area contributed by atoms with E-state index in [1.807, 2.05) is 11.1 Å². The number of aromatic nitrogens is 2. The molecule has 0 radical (unpaired) electrons. The van der Waals surface area contributed by atoms with Crippen molar-refractivity contribution in [2.75, 3.05) is 13.1 Å². The smallest absolute Gasteiger partial charge is 0.223 e. The van der Waals surface area contributed by atoms with E-state index in [0.29, 0.717) is 12.3 Å². The Kier molecular flexibility index (Phi) is 6.43. The van der Waals surface area contributed by atoms with Crippen LogP contribution in [0.4, 0.5) is 0 Å². The van der Waals surface area contributed by atoms with Crippen molar-refractivity contribution in [1.82, 2.24) is 15.1 Å². The number of unbranched alkanes of at least 4 members (excludes halogenated alkanes) is 1. The summed E-state index contributed by atoms with van der Waals surface area (Å²) in [6.45, 7) is 8.00. The lowest BCUT2D eigenvalue weighted by Crippen LogP contribution is -2.51. The highest BCUT2D eigenvalue weighted by molar-refractivity contribution is 5.76. The normalized spacial score (nSPS) is 22.3. The van der Waals surface area contributed by atoms with Gasteiger partial charge in [-0.2, -0.15) is 5.10 Å². The van der Waals surface area contributed by atoms with Crippen molar-refractivity contribution in [2.45, 2.75) is 65.1 Å². The summed E-state index contributed by atoms with van der Waals surface area (Å²) in [6.07, 6.45) is 8.66.